The Bertz CT molecular complexity index is 373. The molecule has 0 atom stereocenters. The minimum atomic E-state index is 0.443. The highest BCUT2D eigenvalue weighted by Crippen LogP contribution is 2.23. The van der Waals surface area contributed by atoms with Crippen molar-refractivity contribution in [1.29, 1.82) is 0 Å². The van der Waals surface area contributed by atoms with Gasteiger partial charge in [0.25, 0.3) is 0 Å². The molecule has 1 aromatic carbocycles. The standard InChI is InChI=1S/C15H23NO2/c1-17-15-9-12(7-8-13(15)10-16)11-18-14-5-3-2-4-6-14/h7-9,14H,2-6,10-11,16H2,1H3. The van der Waals surface area contributed by atoms with Gasteiger partial charge in [0.15, 0.2) is 0 Å². The molecule has 0 spiro atoms. The minimum absolute atomic E-state index is 0.443. The summed E-state index contributed by atoms with van der Waals surface area (Å²) in [7, 11) is 1.68. The molecule has 1 aromatic rings. The maximum absolute atomic E-state index is 5.96. The molecule has 0 aliphatic heterocycles. The van der Waals surface area contributed by atoms with Crippen LogP contribution in [0.25, 0.3) is 0 Å². The molecule has 0 radical (unpaired) electrons. The molecule has 0 unspecified atom stereocenters. The van der Waals surface area contributed by atoms with Crippen LogP contribution in [0.5, 0.6) is 5.75 Å². The molecule has 1 aliphatic rings. The Kier molecular flexibility index (Phi) is 5.02. The quantitative estimate of drug-likeness (QED) is 0.872. The van der Waals surface area contributed by atoms with Crippen LogP contribution in [0.15, 0.2) is 18.2 Å². The van der Waals surface area contributed by atoms with Crippen LogP contribution >= 0.6 is 0 Å². The van der Waals surface area contributed by atoms with E-state index in [0.717, 1.165) is 16.9 Å². The van der Waals surface area contributed by atoms with Gasteiger partial charge in [0, 0.05) is 12.1 Å². The van der Waals surface area contributed by atoms with Crippen LogP contribution in [0.3, 0.4) is 0 Å². The molecular weight excluding hydrogens is 226 g/mol. The molecule has 2 N–H and O–H groups in total. The van der Waals surface area contributed by atoms with Crippen molar-refractivity contribution in [3.05, 3.63) is 29.3 Å². The maximum Gasteiger partial charge on any atom is 0.123 e. The van der Waals surface area contributed by atoms with E-state index >= 15 is 0 Å². The van der Waals surface area contributed by atoms with Crippen molar-refractivity contribution in [3.63, 3.8) is 0 Å². The smallest absolute Gasteiger partial charge is 0.123 e. The molecule has 100 valence electrons. The van der Waals surface area contributed by atoms with Gasteiger partial charge >= 0.3 is 0 Å². The molecular formula is C15H23NO2. The second-order valence-electron chi connectivity index (χ2n) is 4.92. The zero-order valence-corrected chi connectivity index (χ0v) is 11.2. The monoisotopic (exact) mass is 249 g/mol. The van der Waals surface area contributed by atoms with Crippen LogP contribution in [-0.2, 0) is 17.9 Å². The van der Waals surface area contributed by atoms with E-state index in [1.54, 1.807) is 7.11 Å². The van der Waals surface area contributed by atoms with E-state index in [4.69, 9.17) is 15.2 Å². The Hall–Kier alpha value is -1.06. The highest BCUT2D eigenvalue weighted by Gasteiger charge is 2.13. The second-order valence-corrected chi connectivity index (χ2v) is 4.92. The molecule has 0 heterocycles. The Morgan fingerprint density at radius 1 is 1.22 bits per heavy atom. The SMILES string of the molecule is COc1cc(COC2CCCCC2)ccc1CN. The van der Waals surface area contributed by atoms with E-state index in [-0.39, 0.29) is 0 Å². The van der Waals surface area contributed by atoms with Gasteiger partial charge in [-0.1, -0.05) is 31.4 Å². The van der Waals surface area contributed by atoms with Crippen LogP contribution in [0.1, 0.15) is 43.2 Å². The first-order valence-corrected chi connectivity index (χ1v) is 6.81. The summed E-state index contributed by atoms with van der Waals surface area (Å²) >= 11 is 0. The van der Waals surface area contributed by atoms with Crippen LogP contribution in [0.2, 0.25) is 0 Å². The number of nitrogens with two attached hydrogens (primary N) is 1. The molecule has 3 nitrogen and oxygen atoms in total. The highest BCUT2D eigenvalue weighted by molar-refractivity contribution is 5.37. The maximum atomic E-state index is 5.96. The molecule has 0 amide bonds. The predicted molar refractivity (Wildman–Crippen MR) is 72.5 cm³/mol. The Labute approximate surface area is 109 Å². The van der Waals surface area contributed by atoms with E-state index in [1.807, 2.05) is 12.1 Å². The molecule has 1 saturated carbocycles. The first-order chi connectivity index (χ1) is 8.83. The number of methoxy groups -OCH3 is 1. The molecule has 0 aromatic heterocycles. The number of hydrogen-bond donors (Lipinski definition) is 1. The van der Waals surface area contributed by atoms with Gasteiger partial charge in [-0.15, -0.1) is 0 Å². The van der Waals surface area contributed by atoms with E-state index < -0.39 is 0 Å². The van der Waals surface area contributed by atoms with Gasteiger partial charge in [0.05, 0.1) is 19.8 Å². The van der Waals surface area contributed by atoms with Crippen molar-refractivity contribution in [2.45, 2.75) is 51.4 Å². The summed E-state index contributed by atoms with van der Waals surface area (Å²) in [5.74, 6) is 0.863. The first kappa shape index (κ1) is 13.4. The van der Waals surface area contributed by atoms with Gasteiger partial charge in [0.2, 0.25) is 0 Å². The largest absolute Gasteiger partial charge is 0.496 e. The summed E-state index contributed by atoms with van der Waals surface area (Å²) in [6.07, 6.45) is 6.83. The molecule has 1 aliphatic carbocycles. The number of rotatable bonds is 5. The molecule has 3 heteroatoms. The zero-order valence-electron chi connectivity index (χ0n) is 11.2. The predicted octanol–water partition coefficient (Wildman–Crippen LogP) is 3.00. The third kappa shape index (κ3) is 3.47. The molecule has 1 fully saturated rings. The van der Waals surface area contributed by atoms with Crippen molar-refractivity contribution in [2.24, 2.45) is 5.73 Å². The molecule has 0 bridgehead atoms. The van der Waals surface area contributed by atoms with Crippen molar-refractivity contribution < 1.29 is 9.47 Å². The summed E-state index contributed by atoms with van der Waals surface area (Å²) in [5.41, 5.74) is 7.86. The molecule has 0 saturated heterocycles. The van der Waals surface area contributed by atoms with Gasteiger partial charge in [-0.25, -0.2) is 0 Å². The average molecular weight is 249 g/mol. The Morgan fingerprint density at radius 3 is 2.67 bits per heavy atom. The fraction of sp³-hybridized carbons (Fsp3) is 0.600. The lowest BCUT2D eigenvalue weighted by Gasteiger charge is -2.22. The van der Waals surface area contributed by atoms with E-state index in [2.05, 4.69) is 6.07 Å². The van der Waals surface area contributed by atoms with E-state index in [0.29, 0.717) is 19.3 Å². The van der Waals surface area contributed by atoms with Crippen molar-refractivity contribution in [1.82, 2.24) is 0 Å². The van der Waals surface area contributed by atoms with Gasteiger partial charge < -0.3 is 15.2 Å². The first-order valence-electron chi connectivity index (χ1n) is 6.81. The Balaban J connectivity index is 1.92. The normalized spacial score (nSPS) is 16.8. The fourth-order valence-corrected chi connectivity index (χ4v) is 2.49. The average Bonchev–Trinajstić information content (AvgIpc) is 2.45. The lowest BCUT2D eigenvalue weighted by Crippen LogP contribution is -2.16. The summed E-state index contributed by atoms with van der Waals surface area (Å²) < 4.78 is 11.3. The van der Waals surface area contributed by atoms with Gasteiger partial charge in [-0.2, -0.15) is 0 Å². The molecule has 18 heavy (non-hydrogen) atoms. The summed E-state index contributed by atoms with van der Waals surface area (Å²) in [5, 5.41) is 0. The van der Waals surface area contributed by atoms with E-state index in [1.165, 1.54) is 32.1 Å². The van der Waals surface area contributed by atoms with Crippen molar-refractivity contribution in [3.8, 4) is 5.75 Å². The lowest BCUT2D eigenvalue weighted by atomic mass is 9.98. The summed E-state index contributed by atoms with van der Waals surface area (Å²) in [6, 6.07) is 6.14. The Morgan fingerprint density at radius 2 is 2.00 bits per heavy atom. The number of benzene rings is 1. The summed E-state index contributed by atoms with van der Waals surface area (Å²) in [6.45, 7) is 1.18. The minimum Gasteiger partial charge on any atom is -0.496 e. The van der Waals surface area contributed by atoms with Crippen LogP contribution < -0.4 is 10.5 Å². The third-order valence-electron chi connectivity index (χ3n) is 3.61. The topological polar surface area (TPSA) is 44.5 Å². The molecule has 2 rings (SSSR count). The second kappa shape index (κ2) is 6.76. The van der Waals surface area contributed by atoms with Crippen LogP contribution in [-0.4, -0.2) is 13.2 Å². The third-order valence-corrected chi connectivity index (χ3v) is 3.61. The van der Waals surface area contributed by atoms with Gasteiger partial charge in [0.1, 0.15) is 5.75 Å². The lowest BCUT2D eigenvalue weighted by molar-refractivity contribution is 0.0168. The van der Waals surface area contributed by atoms with Gasteiger partial charge in [-0.3, -0.25) is 0 Å². The number of hydrogen-bond acceptors (Lipinski definition) is 3. The fourth-order valence-electron chi connectivity index (χ4n) is 2.49. The van der Waals surface area contributed by atoms with Crippen LogP contribution in [0, 0.1) is 0 Å². The van der Waals surface area contributed by atoms with Crippen molar-refractivity contribution >= 4 is 0 Å². The van der Waals surface area contributed by atoms with Gasteiger partial charge in [-0.05, 0) is 24.5 Å². The van der Waals surface area contributed by atoms with E-state index in [9.17, 15) is 0 Å². The van der Waals surface area contributed by atoms with Crippen molar-refractivity contribution in [2.75, 3.05) is 7.11 Å². The van der Waals surface area contributed by atoms with Crippen LogP contribution in [0.4, 0.5) is 0 Å². The summed E-state index contributed by atoms with van der Waals surface area (Å²) in [4.78, 5) is 0. The highest BCUT2D eigenvalue weighted by atomic mass is 16.5. The zero-order chi connectivity index (χ0) is 12.8. The number of ether oxygens (including phenoxy) is 2.